The van der Waals surface area contributed by atoms with Crippen LogP contribution >= 0.6 is 0 Å². The first-order valence-corrected chi connectivity index (χ1v) is 7.01. The Morgan fingerprint density at radius 1 is 1.37 bits per heavy atom. The maximum atomic E-state index is 12.5. The molecule has 0 aliphatic rings. The number of rotatable bonds is 8. The number of aromatic nitrogens is 1. The van der Waals surface area contributed by atoms with Crippen molar-refractivity contribution in [3.8, 4) is 0 Å². The quantitative estimate of drug-likeness (QED) is 0.732. The molecule has 0 fully saturated rings. The molecule has 0 saturated heterocycles. The maximum absolute atomic E-state index is 12.5. The summed E-state index contributed by atoms with van der Waals surface area (Å²) in [4.78, 5) is 12.5. The van der Waals surface area contributed by atoms with Gasteiger partial charge in [0.05, 0.1) is 6.61 Å². The molecule has 108 valence electrons. The average molecular weight is 266 g/mol. The average Bonchev–Trinajstić information content (AvgIpc) is 2.37. The monoisotopic (exact) mass is 266 g/mol. The number of pyridine rings is 1. The molecule has 1 aromatic rings. The molecule has 0 aromatic carbocycles. The van der Waals surface area contributed by atoms with Crippen LogP contribution in [0.25, 0.3) is 0 Å². The number of hydrogen-bond donors (Lipinski definition) is 1. The van der Waals surface area contributed by atoms with Gasteiger partial charge < -0.3 is 14.6 Å². The first kappa shape index (κ1) is 15.9. The summed E-state index contributed by atoms with van der Waals surface area (Å²) in [7, 11) is 1.68. The lowest BCUT2D eigenvalue weighted by Gasteiger charge is -2.14. The van der Waals surface area contributed by atoms with Gasteiger partial charge in [-0.1, -0.05) is 13.3 Å². The summed E-state index contributed by atoms with van der Waals surface area (Å²) in [6.07, 6.45) is 2.14. The van der Waals surface area contributed by atoms with Crippen LogP contribution in [-0.2, 0) is 17.8 Å². The summed E-state index contributed by atoms with van der Waals surface area (Å²) in [5.74, 6) is 0. The van der Waals surface area contributed by atoms with E-state index in [1.807, 2.05) is 18.4 Å². The minimum Gasteiger partial charge on any atom is -0.383 e. The summed E-state index contributed by atoms with van der Waals surface area (Å²) >= 11 is 0. The largest absolute Gasteiger partial charge is 0.383 e. The summed E-state index contributed by atoms with van der Waals surface area (Å²) in [6.45, 7) is 9.00. The number of unbranched alkanes of at least 4 members (excludes halogenated alkanes) is 1. The highest BCUT2D eigenvalue weighted by Gasteiger charge is 2.09. The molecule has 1 heterocycles. The minimum absolute atomic E-state index is 0.149. The van der Waals surface area contributed by atoms with E-state index in [9.17, 15) is 4.79 Å². The lowest BCUT2D eigenvalue weighted by atomic mass is 10.1. The molecule has 19 heavy (non-hydrogen) atoms. The van der Waals surface area contributed by atoms with Gasteiger partial charge in [0, 0.05) is 38.0 Å². The highest BCUT2D eigenvalue weighted by molar-refractivity contribution is 5.26. The highest BCUT2D eigenvalue weighted by atomic mass is 16.5. The molecule has 1 N–H and O–H groups in total. The van der Waals surface area contributed by atoms with Gasteiger partial charge in [-0.3, -0.25) is 4.79 Å². The van der Waals surface area contributed by atoms with Crippen molar-refractivity contribution in [2.75, 3.05) is 20.3 Å². The molecule has 4 heteroatoms. The van der Waals surface area contributed by atoms with Crippen molar-refractivity contribution in [3.63, 3.8) is 0 Å². The molecule has 1 aromatic heterocycles. The van der Waals surface area contributed by atoms with Crippen molar-refractivity contribution in [2.24, 2.45) is 0 Å². The van der Waals surface area contributed by atoms with Gasteiger partial charge in [-0.05, 0) is 31.9 Å². The van der Waals surface area contributed by atoms with Gasteiger partial charge in [-0.15, -0.1) is 0 Å². The normalized spacial score (nSPS) is 10.9. The van der Waals surface area contributed by atoms with Gasteiger partial charge in [-0.25, -0.2) is 0 Å². The molecule has 0 spiro atoms. The molecule has 0 atom stereocenters. The van der Waals surface area contributed by atoms with E-state index in [-0.39, 0.29) is 5.56 Å². The van der Waals surface area contributed by atoms with E-state index in [1.165, 1.54) is 0 Å². The van der Waals surface area contributed by atoms with Gasteiger partial charge in [0.2, 0.25) is 0 Å². The van der Waals surface area contributed by atoms with Gasteiger partial charge in [0.25, 0.3) is 5.56 Å². The molecule has 0 amide bonds. The van der Waals surface area contributed by atoms with Crippen molar-refractivity contribution >= 4 is 0 Å². The molecule has 4 nitrogen and oxygen atoms in total. The van der Waals surface area contributed by atoms with E-state index < -0.39 is 0 Å². The number of hydrogen-bond acceptors (Lipinski definition) is 3. The number of nitrogens with one attached hydrogen (secondary N) is 1. The second kappa shape index (κ2) is 8.12. The topological polar surface area (TPSA) is 43.3 Å². The van der Waals surface area contributed by atoms with Crippen LogP contribution < -0.4 is 10.9 Å². The van der Waals surface area contributed by atoms with E-state index in [0.717, 1.165) is 42.8 Å². The molecule has 0 aliphatic heterocycles. The Balaban J connectivity index is 2.87. The van der Waals surface area contributed by atoms with Crippen molar-refractivity contribution in [2.45, 2.75) is 46.7 Å². The second-order valence-electron chi connectivity index (χ2n) is 4.93. The molecule has 0 radical (unpaired) electrons. The molecule has 1 rings (SSSR count). The van der Waals surface area contributed by atoms with Crippen LogP contribution in [0.3, 0.4) is 0 Å². The lowest BCUT2D eigenvalue weighted by Crippen LogP contribution is -2.30. The van der Waals surface area contributed by atoms with E-state index in [0.29, 0.717) is 13.2 Å². The van der Waals surface area contributed by atoms with Crippen LogP contribution in [0.5, 0.6) is 0 Å². The van der Waals surface area contributed by atoms with Crippen molar-refractivity contribution in [1.82, 2.24) is 9.88 Å². The Kier molecular flexibility index (Phi) is 6.81. The van der Waals surface area contributed by atoms with Crippen LogP contribution in [0.2, 0.25) is 0 Å². The Bertz CT molecular complexity index is 452. The Morgan fingerprint density at radius 3 is 2.74 bits per heavy atom. The van der Waals surface area contributed by atoms with Gasteiger partial charge in [-0.2, -0.15) is 0 Å². The van der Waals surface area contributed by atoms with Gasteiger partial charge in [0.1, 0.15) is 0 Å². The first-order valence-electron chi connectivity index (χ1n) is 7.01. The van der Waals surface area contributed by atoms with Gasteiger partial charge in [0.15, 0.2) is 0 Å². The number of aryl methyl sites for hydroxylation is 2. The predicted octanol–water partition coefficient (Wildman–Crippen LogP) is 2.00. The number of nitrogens with zero attached hydrogens (tertiary/aromatic N) is 1. The SMILES string of the molecule is CCCCn1c(C)cc(C)c(CNCCOC)c1=O. The molecule has 0 aliphatic carbocycles. The Hall–Kier alpha value is -1.13. The second-order valence-corrected chi connectivity index (χ2v) is 4.93. The summed E-state index contributed by atoms with van der Waals surface area (Å²) < 4.78 is 6.88. The van der Waals surface area contributed by atoms with Crippen molar-refractivity contribution in [1.29, 1.82) is 0 Å². The van der Waals surface area contributed by atoms with E-state index >= 15 is 0 Å². The lowest BCUT2D eigenvalue weighted by molar-refractivity contribution is 0.199. The zero-order valence-electron chi connectivity index (χ0n) is 12.6. The maximum Gasteiger partial charge on any atom is 0.255 e. The van der Waals surface area contributed by atoms with Crippen LogP contribution in [0, 0.1) is 13.8 Å². The molecule has 0 saturated carbocycles. The zero-order valence-corrected chi connectivity index (χ0v) is 12.6. The van der Waals surface area contributed by atoms with E-state index in [1.54, 1.807) is 7.11 Å². The molecule has 0 bridgehead atoms. The van der Waals surface area contributed by atoms with Crippen LogP contribution in [0.4, 0.5) is 0 Å². The fourth-order valence-corrected chi connectivity index (χ4v) is 2.17. The minimum atomic E-state index is 0.149. The highest BCUT2D eigenvalue weighted by Crippen LogP contribution is 2.07. The fourth-order valence-electron chi connectivity index (χ4n) is 2.17. The molecular weight excluding hydrogens is 240 g/mol. The van der Waals surface area contributed by atoms with Crippen molar-refractivity contribution in [3.05, 3.63) is 33.2 Å². The van der Waals surface area contributed by atoms with E-state index in [4.69, 9.17) is 4.74 Å². The Labute approximate surface area is 115 Å². The first-order chi connectivity index (χ1) is 9.11. The van der Waals surface area contributed by atoms with Crippen molar-refractivity contribution < 1.29 is 4.74 Å². The zero-order chi connectivity index (χ0) is 14.3. The number of ether oxygens (including phenoxy) is 1. The summed E-state index contributed by atoms with van der Waals surface area (Å²) in [5, 5.41) is 3.25. The van der Waals surface area contributed by atoms with Crippen LogP contribution in [0.1, 0.15) is 36.6 Å². The predicted molar refractivity (Wildman–Crippen MR) is 78.7 cm³/mol. The summed E-state index contributed by atoms with van der Waals surface area (Å²) in [5.41, 5.74) is 3.14. The third-order valence-electron chi connectivity index (χ3n) is 3.35. The molecular formula is C15H26N2O2. The van der Waals surface area contributed by atoms with Gasteiger partial charge >= 0.3 is 0 Å². The summed E-state index contributed by atoms with van der Waals surface area (Å²) in [6, 6.07) is 2.10. The third kappa shape index (κ3) is 4.48. The third-order valence-corrected chi connectivity index (χ3v) is 3.35. The standard InChI is InChI=1S/C15H26N2O2/c1-5-6-8-17-13(3)10-12(2)14(15(17)18)11-16-7-9-19-4/h10,16H,5-9,11H2,1-4H3. The molecule has 0 unspecified atom stereocenters. The van der Waals surface area contributed by atoms with Crippen LogP contribution in [0.15, 0.2) is 10.9 Å². The Morgan fingerprint density at radius 2 is 2.11 bits per heavy atom. The van der Waals surface area contributed by atoms with Crippen LogP contribution in [-0.4, -0.2) is 24.8 Å². The smallest absolute Gasteiger partial charge is 0.255 e. The number of methoxy groups -OCH3 is 1. The fraction of sp³-hybridized carbons (Fsp3) is 0.667. The van der Waals surface area contributed by atoms with E-state index in [2.05, 4.69) is 18.3 Å².